The van der Waals surface area contributed by atoms with E-state index in [9.17, 15) is 0 Å². The van der Waals surface area contributed by atoms with Crippen molar-refractivity contribution in [3.05, 3.63) is 29.6 Å². The number of rotatable bonds is 2. The van der Waals surface area contributed by atoms with E-state index >= 15 is 0 Å². The van der Waals surface area contributed by atoms with E-state index in [0.717, 1.165) is 11.3 Å². The third kappa shape index (κ3) is 2.07. The van der Waals surface area contributed by atoms with Gasteiger partial charge in [-0.2, -0.15) is 0 Å². The summed E-state index contributed by atoms with van der Waals surface area (Å²) in [4.78, 5) is 4.15. The fourth-order valence-corrected chi connectivity index (χ4v) is 0.921. The number of nitrogens with two attached hydrogens (primary N) is 2. The van der Waals surface area contributed by atoms with Gasteiger partial charge in [-0.25, -0.2) is 0 Å². The molecule has 0 saturated heterocycles. The molecule has 0 saturated carbocycles. The van der Waals surface area contributed by atoms with Gasteiger partial charge in [0, 0.05) is 12.7 Å². The van der Waals surface area contributed by atoms with E-state index in [-0.39, 0.29) is 0 Å². The topological polar surface area (TPSA) is 64.9 Å². The maximum absolute atomic E-state index is 5.71. The molecule has 1 aromatic heterocycles. The van der Waals surface area contributed by atoms with E-state index in [2.05, 4.69) is 4.98 Å². The molecular weight excluding hydrogens is 150 g/mol. The lowest BCUT2D eigenvalue weighted by Gasteiger charge is -1.99. The van der Waals surface area contributed by atoms with Crippen molar-refractivity contribution in [2.24, 2.45) is 5.73 Å². The molecule has 0 aromatic carbocycles. The number of aryl methyl sites for hydroxylation is 1. The van der Waals surface area contributed by atoms with Crippen LogP contribution in [0.15, 0.2) is 18.3 Å². The molecule has 3 heteroatoms. The Balaban J connectivity index is 2.94. The Morgan fingerprint density at radius 2 is 2.33 bits per heavy atom. The smallest absolute Gasteiger partial charge is 0.0856 e. The van der Waals surface area contributed by atoms with Gasteiger partial charge >= 0.3 is 0 Å². The molecule has 0 radical (unpaired) electrons. The summed E-state index contributed by atoms with van der Waals surface area (Å²) >= 11 is 0. The molecule has 0 fully saturated rings. The van der Waals surface area contributed by atoms with Crippen molar-refractivity contribution in [2.75, 3.05) is 12.3 Å². The van der Waals surface area contributed by atoms with Crippen LogP contribution in [-0.2, 0) is 0 Å². The zero-order valence-corrected chi connectivity index (χ0v) is 7.12. The summed E-state index contributed by atoms with van der Waals surface area (Å²) in [6, 6.07) is 1.89. The van der Waals surface area contributed by atoms with Crippen molar-refractivity contribution >= 4 is 11.8 Å². The van der Waals surface area contributed by atoms with Crippen molar-refractivity contribution in [2.45, 2.75) is 6.92 Å². The molecule has 3 nitrogen and oxygen atoms in total. The summed E-state index contributed by atoms with van der Waals surface area (Å²) in [5.74, 6) is 0. The SMILES string of the molecule is Cc1cnc(C=CCN)c(N)c1. The normalized spacial score (nSPS) is 10.8. The van der Waals surface area contributed by atoms with Gasteiger partial charge in [-0.05, 0) is 24.6 Å². The third-order valence-corrected chi connectivity index (χ3v) is 1.50. The Labute approximate surface area is 72.1 Å². The number of nitrogens with zero attached hydrogens (tertiary/aromatic N) is 1. The number of hydrogen-bond acceptors (Lipinski definition) is 3. The molecule has 12 heavy (non-hydrogen) atoms. The molecule has 64 valence electrons. The molecule has 1 heterocycles. The van der Waals surface area contributed by atoms with Gasteiger partial charge in [0.05, 0.1) is 11.4 Å². The number of pyridine rings is 1. The van der Waals surface area contributed by atoms with Crippen molar-refractivity contribution in [3.63, 3.8) is 0 Å². The highest BCUT2D eigenvalue weighted by Gasteiger charge is 1.94. The van der Waals surface area contributed by atoms with Gasteiger partial charge < -0.3 is 11.5 Å². The molecule has 1 rings (SSSR count). The predicted molar refractivity (Wildman–Crippen MR) is 51.5 cm³/mol. The number of aromatic nitrogens is 1. The Kier molecular flexibility index (Phi) is 2.82. The quantitative estimate of drug-likeness (QED) is 0.682. The van der Waals surface area contributed by atoms with Crippen molar-refractivity contribution in [3.8, 4) is 0 Å². The van der Waals surface area contributed by atoms with Crippen LogP contribution in [-0.4, -0.2) is 11.5 Å². The number of anilines is 1. The Hall–Kier alpha value is -1.35. The summed E-state index contributed by atoms with van der Waals surface area (Å²) in [6.45, 7) is 2.47. The van der Waals surface area contributed by atoms with Gasteiger partial charge in [-0.1, -0.05) is 6.08 Å². The molecule has 0 bridgehead atoms. The number of hydrogen-bond donors (Lipinski definition) is 2. The fraction of sp³-hybridized carbons (Fsp3) is 0.222. The molecular formula is C9H13N3. The average Bonchev–Trinajstić information content (AvgIpc) is 2.03. The average molecular weight is 163 g/mol. The van der Waals surface area contributed by atoms with Crippen molar-refractivity contribution < 1.29 is 0 Å². The molecule has 0 unspecified atom stereocenters. The summed E-state index contributed by atoms with van der Waals surface area (Å²) < 4.78 is 0. The minimum absolute atomic E-state index is 0.509. The van der Waals surface area contributed by atoms with Crippen molar-refractivity contribution in [1.29, 1.82) is 0 Å². The van der Waals surface area contributed by atoms with Crippen LogP contribution in [0.2, 0.25) is 0 Å². The second-order valence-corrected chi connectivity index (χ2v) is 2.63. The maximum atomic E-state index is 5.71. The standard InChI is InChI=1S/C9H13N3/c1-7-5-8(11)9(12-6-7)3-2-4-10/h2-3,5-6H,4,10-11H2,1H3. The largest absolute Gasteiger partial charge is 0.397 e. The molecule has 0 aliphatic rings. The first-order valence-corrected chi connectivity index (χ1v) is 3.83. The van der Waals surface area contributed by atoms with Crippen LogP contribution in [0.25, 0.3) is 6.08 Å². The minimum atomic E-state index is 0.509. The van der Waals surface area contributed by atoms with Crippen LogP contribution >= 0.6 is 0 Å². The molecule has 4 N–H and O–H groups in total. The predicted octanol–water partition coefficient (Wildman–Crippen LogP) is 0.944. The summed E-state index contributed by atoms with van der Waals surface area (Å²) in [6.07, 6.45) is 5.44. The van der Waals surface area contributed by atoms with Gasteiger partial charge in [0.15, 0.2) is 0 Å². The van der Waals surface area contributed by atoms with Crippen LogP contribution in [0.1, 0.15) is 11.3 Å². The van der Waals surface area contributed by atoms with Crippen LogP contribution in [0.3, 0.4) is 0 Å². The van der Waals surface area contributed by atoms with Crippen LogP contribution in [0, 0.1) is 6.92 Å². The maximum Gasteiger partial charge on any atom is 0.0856 e. The minimum Gasteiger partial charge on any atom is -0.397 e. The van der Waals surface area contributed by atoms with E-state index in [4.69, 9.17) is 11.5 Å². The molecule has 0 aliphatic heterocycles. The number of nitrogen functional groups attached to an aromatic ring is 1. The fourth-order valence-electron chi connectivity index (χ4n) is 0.921. The highest BCUT2D eigenvalue weighted by Crippen LogP contribution is 2.11. The van der Waals surface area contributed by atoms with Crippen LogP contribution in [0.4, 0.5) is 5.69 Å². The van der Waals surface area contributed by atoms with E-state index in [1.165, 1.54) is 0 Å². The van der Waals surface area contributed by atoms with E-state index in [1.54, 1.807) is 6.20 Å². The van der Waals surface area contributed by atoms with Gasteiger partial charge in [-0.3, -0.25) is 4.98 Å². The molecule has 0 amide bonds. The summed E-state index contributed by atoms with van der Waals surface area (Å²) in [5.41, 5.74) is 13.6. The van der Waals surface area contributed by atoms with Gasteiger partial charge in [-0.15, -0.1) is 0 Å². The van der Waals surface area contributed by atoms with Gasteiger partial charge in [0.1, 0.15) is 0 Å². The first-order valence-electron chi connectivity index (χ1n) is 3.83. The van der Waals surface area contributed by atoms with Gasteiger partial charge in [0.2, 0.25) is 0 Å². The second kappa shape index (κ2) is 3.88. The summed E-state index contributed by atoms with van der Waals surface area (Å²) in [5, 5.41) is 0. The van der Waals surface area contributed by atoms with Crippen LogP contribution < -0.4 is 11.5 Å². The lowest BCUT2D eigenvalue weighted by molar-refractivity contribution is 1.23. The molecule has 0 aliphatic carbocycles. The van der Waals surface area contributed by atoms with Crippen LogP contribution in [0.5, 0.6) is 0 Å². The summed E-state index contributed by atoms with van der Waals surface area (Å²) in [7, 11) is 0. The Morgan fingerprint density at radius 1 is 1.58 bits per heavy atom. The molecule has 0 atom stereocenters. The third-order valence-electron chi connectivity index (χ3n) is 1.50. The molecule has 1 aromatic rings. The van der Waals surface area contributed by atoms with E-state index < -0.39 is 0 Å². The first kappa shape index (κ1) is 8.74. The van der Waals surface area contributed by atoms with Crippen molar-refractivity contribution in [1.82, 2.24) is 4.98 Å². The highest BCUT2D eigenvalue weighted by molar-refractivity contribution is 5.61. The molecule has 0 spiro atoms. The Morgan fingerprint density at radius 3 is 2.92 bits per heavy atom. The Bertz CT molecular complexity index is 292. The monoisotopic (exact) mass is 163 g/mol. The zero-order valence-electron chi connectivity index (χ0n) is 7.12. The highest BCUT2D eigenvalue weighted by atomic mass is 14.7. The lowest BCUT2D eigenvalue weighted by Crippen LogP contribution is -1.96. The first-order chi connectivity index (χ1) is 5.74. The van der Waals surface area contributed by atoms with Gasteiger partial charge in [0.25, 0.3) is 0 Å². The van der Waals surface area contributed by atoms with E-state index in [1.807, 2.05) is 25.1 Å². The zero-order chi connectivity index (χ0) is 8.97. The lowest BCUT2D eigenvalue weighted by atomic mass is 10.2. The second-order valence-electron chi connectivity index (χ2n) is 2.63. The van der Waals surface area contributed by atoms with E-state index in [0.29, 0.717) is 12.2 Å².